The summed E-state index contributed by atoms with van der Waals surface area (Å²) < 4.78 is 26.0. The van der Waals surface area contributed by atoms with Crippen molar-refractivity contribution in [2.24, 2.45) is 5.92 Å². The predicted molar refractivity (Wildman–Crippen MR) is 66.7 cm³/mol. The molecule has 1 amide bonds. The monoisotopic (exact) mass is 264 g/mol. The summed E-state index contributed by atoms with van der Waals surface area (Å²) in [6, 6.07) is 8.53. The van der Waals surface area contributed by atoms with Gasteiger partial charge in [-0.05, 0) is 31.0 Å². The standard InChI is InChI=1S/C14H14F2N2O/c15-14(16)6-4-11(5-7-14)13(19)18-12-3-1-2-10(8-12)9-17/h1-3,8,11H,4-7H2,(H,18,19). The molecule has 0 heterocycles. The lowest BCUT2D eigenvalue weighted by Gasteiger charge is -2.27. The molecule has 1 fully saturated rings. The van der Waals surface area contributed by atoms with Gasteiger partial charge in [0.1, 0.15) is 0 Å². The number of hydrogen-bond donors (Lipinski definition) is 1. The maximum Gasteiger partial charge on any atom is 0.248 e. The number of nitrogens with one attached hydrogen (secondary N) is 1. The minimum Gasteiger partial charge on any atom is -0.326 e. The Morgan fingerprint density at radius 3 is 2.68 bits per heavy atom. The fourth-order valence-electron chi connectivity index (χ4n) is 2.21. The zero-order valence-corrected chi connectivity index (χ0v) is 10.3. The summed E-state index contributed by atoms with van der Waals surface area (Å²) in [7, 11) is 0. The average molecular weight is 264 g/mol. The Morgan fingerprint density at radius 1 is 1.37 bits per heavy atom. The minimum atomic E-state index is -2.63. The van der Waals surface area contributed by atoms with Gasteiger partial charge in [0.15, 0.2) is 0 Å². The van der Waals surface area contributed by atoms with Crippen molar-refractivity contribution < 1.29 is 13.6 Å². The van der Waals surface area contributed by atoms with Crippen LogP contribution in [0.3, 0.4) is 0 Å². The van der Waals surface area contributed by atoms with Crippen molar-refractivity contribution in [3.63, 3.8) is 0 Å². The van der Waals surface area contributed by atoms with Crippen molar-refractivity contribution in [3.05, 3.63) is 29.8 Å². The number of benzene rings is 1. The molecule has 0 aliphatic heterocycles. The molecule has 3 nitrogen and oxygen atoms in total. The van der Waals surface area contributed by atoms with Gasteiger partial charge in [-0.3, -0.25) is 4.79 Å². The van der Waals surface area contributed by atoms with Crippen LogP contribution in [0.4, 0.5) is 14.5 Å². The maximum absolute atomic E-state index is 13.0. The van der Waals surface area contributed by atoms with Gasteiger partial charge in [-0.1, -0.05) is 6.07 Å². The summed E-state index contributed by atoms with van der Waals surface area (Å²) >= 11 is 0. The van der Waals surface area contributed by atoms with E-state index in [9.17, 15) is 13.6 Å². The molecule has 0 unspecified atom stereocenters. The van der Waals surface area contributed by atoms with Gasteiger partial charge in [-0.15, -0.1) is 0 Å². The third-order valence-corrected chi connectivity index (χ3v) is 3.35. The van der Waals surface area contributed by atoms with E-state index < -0.39 is 5.92 Å². The van der Waals surface area contributed by atoms with Gasteiger partial charge in [0.25, 0.3) is 0 Å². The smallest absolute Gasteiger partial charge is 0.248 e. The van der Waals surface area contributed by atoms with E-state index in [4.69, 9.17) is 5.26 Å². The molecule has 0 atom stereocenters. The Labute approximate surface area is 110 Å². The molecule has 1 aliphatic rings. The van der Waals surface area contributed by atoms with Crippen molar-refractivity contribution in [1.29, 1.82) is 5.26 Å². The molecule has 100 valence electrons. The van der Waals surface area contributed by atoms with Crippen LogP contribution in [0.1, 0.15) is 31.2 Å². The molecule has 1 aromatic carbocycles. The Morgan fingerprint density at radius 2 is 2.05 bits per heavy atom. The van der Waals surface area contributed by atoms with Gasteiger partial charge < -0.3 is 5.32 Å². The van der Waals surface area contributed by atoms with Crippen LogP contribution in [0.15, 0.2) is 24.3 Å². The number of amides is 1. The highest BCUT2D eigenvalue weighted by atomic mass is 19.3. The summed E-state index contributed by atoms with van der Waals surface area (Å²) in [5.74, 6) is -3.24. The van der Waals surface area contributed by atoms with E-state index >= 15 is 0 Å². The molecule has 0 spiro atoms. The first-order valence-corrected chi connectivity index (χ1v) is 6.19. The van der Waals surface area contributed by atoms with E-state index in [1.54, 1.807) is 24.3 Å². The average Bonchev–Trinajstić information content (AvgIpc) is 2.38. The van der Waals surface area contributed by atoms with Crippen LogP contribution in [-0.2, 0) is 4.79 Å². The number of carbonyl (C=O) groups excluding carboxylic acids is 1. The number of halogens is 2. The number of hydrogen-bond acceptors (Lipinski definition) is 2. The van der Waals surface area contributed by atoms with Crippen LogP contribution in [0, 0.1) is 17.2 Å². The van der Waals surface area contributed by atoms with Crippen molar-refractivity contribution in [3.8, 4) is 6.07 Å². The summed E-state index contributed by atoms with van der Waals surface area (Å²) in [6.45, 7) is 0. The Kier molecular flexibility index (Phi) is 3.79. The first-order chi connectivity index (χ1) is 9.00. The van der Waals surface area contributed by atoms with Gasteiger partial charge in [-0.25, -0.2) is 8.78 Å². The lowest BCUT2D eigenvalue weighted by molar-refractivity contribution is -0.124. The highest BCUT2D eigenvalue weighted by Gasteiger charge is 2.37. The molecule has 19 heavy (non-hydrogen) atoms. The first kappa shape index (κ1) is 13.5. The van der Waals surface area contributed by atoms with E-state index in [1.807, 2.05) is 6.07 Å². The van der Waals surface area contributed by atoms with Crippen LogP contribution >= 0.6 is 0 Å². The molecule has 0 bridgehead atoms. The normalized spacial score (nSPS) is 18.6. The largest absolute Gasteiger partial charge is 0.326 e. The second-order valence-electron chi connectivity index (χ2n) is 4.81. The predicted octanol–water partition coefficient (Wildman–Crippen LogP) is 3.32. The highest BCUT2D eigenvalue weighted by Crippen LogP contribution is 2.36. The Bertz CT molecular complexity index is 512. The number of nitrogens with zero attached hydrogens (tertiary/aromatic N) is 1. The van der Waals surface area contributed by atoms with E-state index in [1.165, 1.54) is 0 Å². The third kappa shape index (κ3) is 3.50. The molecule has 0 aromatic heterocycles. The third-order valence-electron chi connectivity index (χ3n) is 3.35. The van der Waals surface area contributed by atoms with Crippen molar-refractivity contribution >= 4 is 11.6 Å². The summed E-state index contributed by atoms with van der Waals surface area (Å²) in [6.07, 6.45) is -0.0554. The summed E-state index contributed by atoms with van der Waals surface area (Å²) in [5.41, 5.74) is 0.981. The fourth-order valence-corrected chi connectivity index (χ4v) is 2.21. The van der Waals surface area contributed by atoms with E-state index in [0.29, 0.717) is 11.3 Å². The topological polar surface area (TPSA) is 52.9 Å². The SMILES string of the molecule is N#Cc1cccc(NC(=O)C2CCC(F)(F)CC2)c1. The van der Waals surface area contributed by atoms with Crippen molar-refractivity contribution in [2.45, 2.75) is 31.6 Å². The van der Waals surface area contributed by atoms with E-state index in [0.717, 1.165) is 0 Å². The van der Waals surface area contributed by atoms with Crippen LogP contribution < -0.4 is 5.32 Å². The van der Waals surface area contributed by atoms with Crippen LogP contribution in [0.5, 0.6) is 0 Å². The molecule has 2 rings (SSSR count). The first-order valence-electron chi connectivity index (χ1n) is 6.19. The fraction of sp³-hybridized carbons (Fsp3) is 0.429. The second kappa shape index (κ2) is 5.35. The lowest BCUT2D eigenvalue weighted by atomic mass is 9.86. The summed E-state index contributed by atoms with van der Waals surface area (Å²) in [4.78, 5) is 11.9. The van der Waals surface area contributed by atoms with Gasteiger partial charge in [0, 0.05) is 24.4 Å². The molecule has 1 aliphatic carbocycles. The van der Waals surface area contributed by atoms with Crippen molar-refractivity contribution in [1.82, 2.24) is 0 Å². The van der Waals surface area contributed by atoms with E-state index in [2.05, 4.69) is 5.32 Å². The number of nitriles is 1. The lowest BCUT2D eigenvalue weighted by Crippen LogP contribution is -2.31. The molecule has 5 heteroatoms. The van der Waals surface area contributed by atoms with Crippen molar-refractivity contribution in [2.75, 3.05) is 5.32 Å². The molecule has 0 radical (unpaired) electrons. The van der Waals surface area contributed by atoms with Crippen LogP contribution in [0.25, 0.3) is 0 Å². The zero-order chi connectivity index (χ0) is 13.9. The molecular weight excluding hydrogens is 250 g/mol. The second-order valence-corrected chi connectivity index (χ2v) is 4.81. The van der Waals surface area contributed by atoms with Crippen LogP contribution in [-0.4, -0.2) is 11.8 Å². The zero-order valence-electron chi connectivity index (χ0n) is 10.3. The molecule has 1 aromatic rings. The molecule has 1 N–H and O–H groups in total. The van der Waals surface area contributed by atoms with Gasteiger partial charge >= 0.3 is 0 Å². The molecule has 0 saturated heterocycles. The number of carbonyl (C=O) groups is 1. The quantitative estimate of drug-likeness (QED) is 0.890. The molecular formula is C14H14F2N2O. The van der Waals surface area contributed by atoms with Gasteiger partial charge in [0.05, 0.1) is 11.6 Å². The number of anilines is 1. The van der Waals surface area contributed by atoms with Crippen LogP contribution in [0.2, 0.25) is 0 Å². The number of alkyl halides is 2. The Hall–Kier alpha value is -1.96. The molecule has 1 saturated carbocycles. The number of rotatable bonds is 2. The summed E-state index contributed by atoms with van der Waals surface area (Å²) in [5, 5.41) is 11.4. The maximum atomic E-state index is 13.0. The van der Waals surface area contributed by atoms with E-state index in [-0.39, 0.29) is 37.5 Å². The van der Waals surface area contributed by atoms with Gasteiger partial charge in [-0.2, -0.15) is 5.26 Å². The highest BCUT2D eigenvalue weighted by molar-refractivity contribution is 5.92. The van der Waals surface area contributed by atoms with Gasteiger partial charge in [0.2, 0.25) is 11.8 Å². The minimum absolute atomic E-state index is 0.205. The Balaban J connectivity index is 1.96.